The van der Waals surface area contributed by atoms with E-state index in [1.165, 1.54) is 0 Å². The van der Waals surface area contributed by atoms with E-state index in [0.717, 1.165) is 0 Å². The van der Waals surface area contributed by atoms with Crippen LogP contribution in [0.5, 0.6) is 0 Å². The Morgan fingerprint density at radius 3 is 1.75 bits per heavy atom. The molecule has 0 spiro atoms. The zero-order valence-electron chi connectivity index (χ0n) is 1.93. The smallest absolute Gasteiger partial charge is 0.0190 e. The third-order valence-corrected chi connectivity index (χ3v) is 0. The molecule has 4 heavy (non-hydrogen) atoms. The van der Waals surface area contributed by atoms with E-state index in [0.29, 0.717) is 8.06 Å². The Balaban J connectivity index is 0. The van der Waals surface area contributed by atoms with E-state index >= 15 is 0 Å². The van der Waals surface area contributed by atoms with Gasteiger partial charge in [0, 0.05) is 8.06 Å². The summed E-state index contributed by atoms with van der Waals surface area (Å²) in [6.45, 7) is 0. The summed E-state index contributed by atoms with van der Waals surface area (Å²) < 4.78 is 0. The lowest BCUT2D eigenvalue weighted by atomic mass is 14.0. The second-order valence-electron chi connectivity index (χ2n) is 0.129. The lowest BCUT2D eigenvalue weighted by molar-refractivity contribution is 1.66. The molecule has 0 saturated carbocycles. The molecule has 1 atom stereocenters. The predicted molar refractivity (Wildman–Crippen MR) is 26.6 cm³/mol. The third-order valence-electron chi connectivity index (χ3n) is 0. The second-order valence-corrected chi connectivity index (χ2v) is 1.16. The summed E-state index contributed by atoms with van der Waals surface area (Å²) in [7, 11) is 2.80. The summed E-state index contributed by atoms with van der Waals surface area (Å²) in [6.07, 6.45) is 0. The van der Waals surface area contributed by atoms with Crippen molar-refractivity contribution >= 4 is 29.4 Å². The number of halogens is 1. The fraction of sp³-hybridized carbons (Fsp3) is 0. The molecule has 0 radical (unpaired) electrons. The Hall–Kier alpha value is 0.820. The van der Waals surface area contributed by atoms with E-state index in [1.807, 2.05) is 0 Å². The van der Waals surface area contributed by atoms with Crippen LogP contribution in [0.15, 0.2) is 0 Å². The highest BCUT2D eigenvalue weighted by atomic mass is 35.5. The van der Waals surface area contributed by atoms with Crippen molar-refractivity contribution in [3.8, 4) is 0 Å². The molecular weight excluding hydrogens is 111 g/mol. The Bertz CT molecular complexity index is 13.5. The zero-order valence-corrected chi connectivity index (χ0v) is 4.80. The average Bonchev–Trinajstić information content (AvgIpc) is 0.918. The van der Waals surface area contributed by atoms with Gasteiger partial charge in [0.25, 0.3) is 0 Å². The summed E-state index contributed by atoms with van der Waals surface area (Å²) in [6, 6.07) is 0. The van der Waals surface area contributed by atoms with Crippen molar-refractivity contribution in [3.05, 3.63) is 0 Å². The van der Waals surface area contributed by atoms with Crippen LogP contribution >= 0.6 is 29.4 Å². The predicted octanol–water partition coefficient (Wildman–Crippen LogP) is 1.91. The lowest BCUT2D eigenvalue weighted by Gasteiger charge is -1.29. The third kappa shape index (κ3) is 13.9. The molecular formula is H4ClNP2. The van der Waals surface area contributed by atoms with Crippen LogP contribution in [0.3, 0.4) is 0 Å². The standard InChI is InChI=1S/ClH.H3NP2/c;1-3-2/h1H;1H,2H2. The van der Waals surface area contributed by atoms with Crippen LogP contribution in [0, 0.1) is 5.16 Å². The average molecular weight is 115 g/mol. The van der Waals surface area contributed by atoms with Gasteiger partial charge in [-0.3, -0.25) is 5.16 Å². The van der Waals surface area contributed by atoms with Crippen LogP contribution in [0.1, 0.15) is 0 Å². The van der Waals surface area contributed by atoms with E-state index in [1.54, 1.807) is 0 Å². The molecule has 0 aliphatic heterocycles. The van der Waals surface area contributed by atoms with E-state index < -0.39 is 0 Å². The highest BCUT2D eigenvalue weighted by Gasteiger charge is 1.17. The van der Waals surface area contributed by atoms with Gasteiger partial charge in [-0.1, -0.05) is 8.93 Å². The normalized spacial score (nSPS) is 5.25. The quantitative estimate of drug-likeness (QED) is 0.466. The Labute approximate surface area is 35.4 Å². The molecule has 1 nitrogen and oxygen atoms in total. The number of rotatable bonds is 0. The molecule has 0 amide bonds. The van der Waals surface area contributed by atoms with Crippen molar-refractivity contribution in [2.75, 3.05) is 0 Å². The first-order valence-corrected chi connectivity index (χ1v) is 2.99. The van der Waals surface area contributed by atoms with E-state index in [9.17, 15) is 0 Å². The SMILES string of the molecule is Cl.N=PP. The van der Waals surface area contributed by atoms with Crippen molar-refractivity contribution in [1.29, 1.82) is 5.16 Å². The summed E-state index contributed by atoms with van der Waals surface area (Å²) in [5.41, 5.74) is 0. The van der Waals surface area contributed by atoms with Crippen molar-refractivity contribution in [1.82, 2.24) is 0 Å². The summed E-state index contributed by atoms with van der Waals surface area (Å²) in [5, 5.41) is 6.14. The zero-order chi connectivity index (χ0) is 2.71. The Morgan fingerprint density at radius 1 is 1.75 bits per heavy atom. The van der Waals surface area contributed by atoms with Gasteiger partial charge in [-0.25, -0.2) is 0 Å². The molecule has 0 rings (SSSR count). The fourth-order valence-electron chi connectivity index (χ4n) is 0. The number of nitrogens with one attached hydrogen (secondary N) is 1. The first-order chi connectivity index (χ1) is 1.41. The van der Waals surface area contributed by atoms with Crippen molar-refractivity contribution in [2.24, 2.45) is 0 Å². The molecule has 0 aliphatic rings. The molecule has 1 N–H and O–H groups in total. The molecule has 0 aromatic heterocycles. The van der Waals surface area contributed by atoms with Crippen LogP contribution in [0.25, 0.3) is 0 Å². The number of hydrogen-bond acceptors (Lipinski definition) is 1. The van der Waals surface area contributed by atoms with Crippen molar-refractivity contribution < 1.29 is 0 Å². The van der Waals surface area contributed by atoms with Gasteiger partial charge in [-0.15, -0.1) is 12.4 Å². The van der Waals surface area contributed by atoms with Crippen molar-refractivity contribution in [3.63, 3.8) is 0 Å². The molecule has 0 saturated heterocycles. The molecule has 4 heteroatoms. The van der Waals surface area contributed by atoms with Crippen LogP contribution in [-0.4, -0.2) is 0 Å². The maximum Gasteiger partial charge on any atom is 0.0190 e. The van der Waals surface area contributed by atoms with Crippen LogP contribution in [0.4, 0.5) is 0 Å². The van der Waals surface area contributed by atoms with Gasteiger partial charge in [0.2, 0.25) is 0 Å². The molecule has 26 valence electrons. The number of hydrogen-bond donors (Lipinski definition) is 1. The Morgan fingerprint density at radius 2 is 1.75 bits per heavy atom. The maximum absolute atomic E-state index is 6.14. The van der Waals surface area contributed by atoms with Gasteiger partial charge in [-0.2, -0.15) is 0 Å². The van der Waals surface area contributed by atoms with Gasteiger partial charge in [0.05, 0.1) is 0 Å². The fourth-order valence-corrected chi connectivity index (χ4v) is 0. The van der Waals surface area contributed by atoms with Crippen LogP contribution in [0.2, 0.25) is 0 Å². The summed E-state index contributed by atoms with van der Waals surface area (Å²) in [4.78, 5) is 0. The van der Waals surface area contributed by atoms with E-state index in [2.05, 4.69) is 8.93 Å². The van der Waals surface area contributed by atoms with Gasteiger partial charge in [-0.05, 0) is 0 Å². The molecule has 0 bridgehead atoms. The summed E-state index contributed by atoms with van der Waals surface area (Å²) in [5.74, 6) is 0. The molecule has 0 aromatic rings. The first kappa shape index (κ1) is 8.84. The van der Waals surface area contributed by atoms with Crippen molar-refractivity contribution in [2.45, 2.75) is 0 Å². The monoisotopic (exact) mass is 115 g/mol. The topological polar surface area (TPSA) is 23.9 Å². The minimum atomic E-state index is 0. The van der Waals surface area contributed by atoms with E-state index in [4.69, 9.17) is 5.16 Å². The van der Waals surface area contributed by atoms with Crippen LogP contribution in [-0.2, 0) is 0 Å². The lowest BCUT2D eigenvalue weighted by Crippen LogP contribution is -0.582. The largest absolute Gasteiger partial charge is 0.280 e. The molecule has 1 unspecified atom stereocenters. The summed E-state index contributed by atoms with van der Waals surface area (Å²) >= 11 is 0. The van der Waals surface area contributed by atoms with Gasteiger partial charge in [0.1, 0.15) is 0 Å². The highest BCUT2D eigenvalue weighted by molar-refractivity contribution is 7.96. The minimum Gasteiger partial charge on any atom is -0.280 e. The molecule has 0 heterocycles. The highest BCUT2D eigenvalue weighted by Crippen LogP contribution is 2.00. The molecule has 0 fully saturated rings. The molecule has 0 aromatic carbocycles. The van der Waals surface area contributed by atoms with Crippen LogP contribution < -0.4 is 0 Å². The Kier molecular flexibility index (Phi) is 20.3. The minimum absolute atomic E-state index is 0. The van der Waals surface area contributed by atoms with Gasteiger partial charge >= 0.3 is 0 Å². The van der Waals surface area contributed by atoms with Gasteiger partial charge in [0.15, 0.2) is 0 Å². The molecule has 0 aliphatic carbocycles. The van der Waals surface area contributed by atoms with E-state index in [-0.39, 0.29) is 12.4 Å². The van der Waals surface area contributed by atoms with Gasteiger partial charge < -0.3 is 0 Å². The maximum atomic E-state index is 6.14. The second kappa shape index (κ2) is 9.17. The first-order valence-electron chi connectivity index (χ1n) is 0.482.